The zero-order chi connectivity index (χ0) is 24.8. The Balaban J connectivity index is 1.17. The molecule has 0 radical (unpaired) electrons. The second kappa shape index (κ2) is 8.73. The average molecular weight is 489 g/mol. The summed E-state index contributed by atoms with van der Waals surface area (Å²) in [7, 11) is 1.95. The molecule has 1 amide bonds. The minimum Gasteiger partial charge on any atom is -0.406 e. The van der Waals surface area contributed by atoms with Gasteiger partial charge in [-0.15, -0.1) is 13.2 Å². The number of hydrogen-bond donors (Lipinski definition) is 1. The van der Waals surface area contributed by atoms with Crippen LogP contribution in [0.1, 0.15) is 42.4 Å². The van der Waals surface area contributed by atoms with Gasteiger partial charge in [-0.1, -0.05) is 6.92 Å². The van der Waals surface area contributed by atoms with Crippen LogP contribution >= 0.6 is 0 Å². The molecule has 5 rings (SSSR count). The van der Waals surface area contributed by atoms with Gasteiger partial charge in [0.05, 0.1) is 13.2 Å². The molecule has 2 aliphatic rings. The van der Waals surface area contributed by atoms with Gasteiger partial charge in [0, 0.05) is 31.7 Å². The van der Waals surface area contributed by atoms with Crippen LogP contribution in [0.3, 0.4) is 0 Å². The van der Waals surface area contributed by atoms with Crippen LogP contribution in [0.25, 0.3) is 5.65 Å². The number of aryl methyl sites for hydroxylation is 1. The van der Waals surface area contributed by atoms with Crippen molar-refractivity contribution in [1.29, 1.82) is 0 Å². The molecular formula is C25H29F3N5O2+. The number of nitrogens with one attached hydrogen (secondary N) is 1. The van der Waals surface area contributed by atoms with Crippen LogP contribution in [0.4, 0.5) is 18.9 Å². The van der Waals surface area contributed by atoms with Crippen LogP contribution in [0.5, 0.6) is 5.75 Å². The van der Waals surface area contributed by atoms with Gasteiger partial charge in [-0.2, -0.15) is 4.40 Å². The number of benzene rings is 1. The van der Waals surface area contributed by atoms with Crippen molar-refractivity contribution in [2.45, 2.75) is 39.0 Å². The van der Waals surface area contributed by atoms with Crippen LogP contribution in [0.15, 0.2) is 42.9 Å². The van der Waals surface area contributed by atoms with E-state index >= 15 is 0 Å². The van der Waals surface area contributed by atoms with Crippen molar-refractivity contribution in [3.05, 3.63) is 54.2 Å². The number of carbonyl (C=O) groups excluding carboxylic acids is 1. The SMILES string of the molecule is CCc1c(C(=O)NCC2CC23CCN(c2ccc(OC(F)(F)F)cc2)CC3)[n+]2ccncc2n1C. The molecule has 1 saturated carbocycles. The number of rotatable bonds is 6. The maximum Gasteiger partial charge on any atom is 0.573 e. The molecule has 1 spiro atoms. The number of ether oxygens (including phenoxy) is 1. The standard InChI is InChI=1S/C25H28F3N5O2/c1-3-20-22(33-13-10-29-16-21(33)31(20)2)23(34)30-15-17-14-24(17)8-11-32(12-9-24)18-4-6-19(7-5-18)35-25(26,27)28/h4-7,10,13,16-17H,3,8-9,11-12,14-15H2,1-2H3/p+1. The Hall–Kier alpha value is -3.30. The fourth-order valence-electron chi connectivity index (χ4n) is 5.57. The molecular weight excluding hydrogens is 459 g/mol. The van der Waals surface area contributed by atoms with Gasteiger partial charge in [0.15, 0.2) is 5.69 Å². The van der Waals surface area contributed by atoms with E-state index in [0.717, 1.165) is 55.8 Å². The summed E-state index contributed by atoms with van der Waals surface area (Å²) in [4.78, 5) is 19.5. The predicted molar refractivity (Wildman–Crippen MR) is 123 cm³/mol. The van der Waals surface area contributed by atoms with Gasteiger partial charge >= 0.3 is 12.0 Å². The van der Waals surface area contributed by atoms with Crippen molar-refractivity contribution in [3.8, 4) is 5.75 Å². The smallest absolute Gasteiger partial charge is 0.406 e. The number of halogens is 3. The highest BCUT2D eigenvalue weighted by Crippen LogP contribution is 2.59. The molecule has 7 nitrogen and oxygen atoms in total. The molecule has 35 heavy (non-hydrogen) atoms. The molecule has 1 unspecified atom stereocenters. The fourth-order valence-corrected chi connectivity index (χ4v) is 5.57. The highest BCUT2D eigenvalue weighted by atomic mass is 19.4. The third-order valence-corrected chi connectivity index (χ3v) is 7.61. The molecule has 1 aliphatic carbocycles. The minimum absolute atomic E-state index is 0.0655. The highest BCUT2D eigenvalue weighted by Gasteiger charge is 2.54. The number of hydrogen-bond acceptors (Lipinski definition) is 4. The maximum atomic E-state index is 13.2. The molecule has 1 atom stereocenters. The number of fused-ring (bicyclic) bond motifs is 1. The molecule has 2 aromatic heterocycles. The molecule has 1 saturated heterocycles. The summed E-state index contributed by atoms with van der Waals surface area (Å²) in [6, 6.07) is 6.06. The molecule has 10 heteroatoms. The van der Waals surface area contributed by atoms with Crippen LogP contribution in [0, 0.1) is 11.3 Å². The molecule has 1 aliphatic heterocycles. The summed E-state index contributed by atoms with van der Waals surface area (Å²) in [5.41, 5.74) is 3.65. The lowest BCUT2D eigenvalue weighted by atomic mass is 9.90. The Morgan fingerprint density at radius 1 is 1.26 bits per heavy atom. The average Bonchev–Trinajstić information content (AvgIpc) is 3.42. The summed E-state index contributed by atoms with van der Waals surface area (Å²) < 4.78 is 45.0. The normalized spacial score (nSPS) is 19.2. The third-order valence-electron chi connectivity index (χ3n) is 7.61. The first kappa shape index (κ1) is 23.4. The zero-order valence-corrected chi connectivity index (χ0v) is 19.8. The van der Waals surface area contributed by atoms with E-state index in [1.807, 2.05) is 29.1 Å². The number of nitrogens with zero attached hydrogens (tertiary/aromatic N) is 4. The fraction of sp³-hybridized carbons (Fsp3) is 0.480. The van der Waals surface area contributed by atoms with Crippen molar-refractivity contribution in [2.75, 3.05) is 24.5 Å². The van der Waals surface area contributed by atoms with Crippen LogP contribution in [0.2, 0.25) is 0 Å². The van der Waals surface area contributed by atoms with Crippen LogP contribution < -0.4 is 19.4 Å². The van der Waals surface area contributed by atoms with Gasteiger partial charge in [0.25, 0.3) is 5.91 Å². The van der Waals surface area contributed by atoms with E-state index in [-0.39, 0.29) is 17.1 Å². The van der Waals surface area contributed by atoms with Gasteiger partial charge in [-0.05, 0) is 54.9 Å². The first-order valence-corrected chi connectivity index (χ1v) is 11.9. The first-order chi connectivity index (χ1) is 16.7. The van der Waals surface area contributed by atoms with Crippen molar-refractivity contribution < 1.29 is 27.1 Å². The Morgan fingerprint density at radius 2 is 1.97 bits per heavy atom. The van der Waals surface area contributed by atoms with E-state index in [4.69, 9.17) is 0 Å². The molecule has 3 heterocycles. The largest absolute Gasteiger partial charge is 0.573 e. The van der Waals surface area contributed by atoms with Gasteiger partial charge in [0.2, 0.25) is 5.69 Å². The molecule has 186 valence electrons. The van der Waals surface area contributed by atoms with Gasteiger partial charge < -0.3 is 15.0 Å². The van der Waals surface area contributed by atoms with Crippen molar-refractivity contribution in [3.63, 3.8) is 0 Å². The summed E-state index contributed by atoms with van der Waals surface area (Å²) in [5.74, 6) is 0.173. The van der Waals surface area contributed by atoms with Gasteiger partial charge in [-0.25, -0.2) is 4.57 Å². The highest BCUT2D eigenvalue weighted by molar-refractivity contribution is 5.92. The van der Waals surface area contributed by atoms with E-state index in [1.54, 1.807) is 24.5 Å². The Bertz CT molecular complexity index is 1230. The van der Waals surface area contributed by atoms with Crippen LogP contribution in [-0.2, 0) is 13.5 Å². The van der Waals surface area contributed by atoms with E-state index in [0.29, 0.717) is 18.2 Å². The quantitative estimate of drug-likeness (QED) is 0.538. The molecule has 3 aromatic rings. The number of amides is 1. The Kier molecular flexibility index (Phi) is 5.85. The molecule has 2 fully saturated rings. The predicted octanol–water partition coefficient (Wildman–Crippen LogP) is 3.66. The number of aromatic nitrogens is 3. The number of alkyl halides is 3. The van der Waals surface area contributed by atoms with Crippen molar-refractivity contribution in [1.82, 2.24) is 14.9 Å². The summed E-state index contributed by atoms with van der Waals surface area (Å²) in [5, 5.41) is 3.17. The first-order valence-electron chi connectivity index (χ1n) is 11.9. The Labute approximate surface area is 201 Å². The molecule has 1 N–H and O–H groups in total. The van der Waals surface area contributed by atoms with Crippen molar-refractivity contribution in [2.24, 2.45) is 18.4 Å². The summed E-state index contributed by atoms with van der Waals surface area (Å²) >= 11 is 0. The van der Waals surface area contributed by atoms with Crippen molar-refractivity contribution >= 4 is 17.2 Å². The number of carbonyl (C=O) groups is 1. The topological polar surface area (TPSA) is 63.5 Å². The third kappa shape index (κ3) is 4.53. The number of anilines is 1. The van der Waals surface area contributed by atoms with E-state index in [1.165, 1.54) is 12.1 Å². The second-order valence-electron chi connectivity index (χ2n) is 9.51. The van der Waals surface area contributed by atoms with Gasteiger partial charge in [-0.3, -0.25) is 9.78 Å². The lowest BCUT2D eigenvalue weighted by molar-refractivity contribution is -0.514. The summed E-state index contributed by atoms with van der Waals surface area (Å²) in [6.07, 6.45) is 4.42. The number of imidazole rings is 1. The van der Waals surface area contributed by atoms with E-state index in [2.05, 4.69) is 19.9 Å². The maximum absolute atomic E-state index is 13.2. The number of piperidine rings is 1. The molecule has 1 aromatic carbocycles. The van der Waals surface area contributed by atoms with Crippen LogP contribution in [-0.4, -0.2) is 41.5 Å². The van der Waals surface area contributed by atoms with Gasteiger partial charge in [0.1, 0.15) is 18.1 Å². The second-order valence-corrected chi connectivity index (χ2v) is 9.51. The van der Waals surface area contributed by atoms with E-state index in [9.17, 15) is 18.0 Å². The minimum atomic E-state index is -4.68. The summed E-state index contributed by atoms with van der Waals surface area (Å²) in [6.45, 7) is 4.37. The van der Waals surface area contributed by atoms with E-state index < -0.39 is 6.36 Å². The Morgan fingerprint density at radius 3 is 2.63 bits per heavy atom. The lowest BCUT2D eigenvalue weighted by Gasteiger charge is -2.34. The molecule has 0 bridgehead atoms. The zero-order valence-electron chi connectivity index (χ0n) is 19.8. The monoisotopic (exact) mass is 488 g/mol. The lowest BCUT2D eigenvalue weighted by Crippen LogP contribution is -2.38.